The molecule has 2 N–H and O–H groups in total. The highest BCUT2D eigenvalue weighted by Crippen LogP contribution is 2.34. The van der Waals surface area contributed by atoms with Crippen LogP contribution in [0.3, 0.4) is 0 Å². The van der Waals surface area contributed by atoms with E-state index in [0.29, 0.717) is 4.90 Å². The van der Waals surface area contributed by atoms with Gasteiger partial charge in [0.25, 0.3) is 5.91 Å². The summed E-state index contributed by atoms with van der Waals surface area (Å²) in [6.45, 7) is 10.5. The molecule has 1 amide bonds. The predicted molar refractivity (Wildman–Crippen MR) is 138 cm³/mol. The highest BCUT2D eigenvalue weighted by molar-refractivity contribution is 7.91. The smallest absolute Gasteiger partial charge is 0.259 e. The molecule has 0 aliphatic rings. The van der Waals surface area contributed by atoms with Gasteiger partial charge in [-0.25, -0.2) is 9.35 Å². The minimum absolute atomic E-state index is 0.0807. The summed E-state index contributed by atoms with van der Waals surface area (Å²) in [5, 5.41) is 6.02. The summed E-state index contributed by atoms with van der Waals surface area (Å²) in [4.78, 5) is 13.4. The molecule has 0 aromatic heterocycles. The van der Waals surface area contributed by atoms with Crippen LogP contribution in [0.5, 0.6) is 0 Å². The van der Waals surface area contributed by atoms with E-state index in [1.807, 2.05) is 37.3 Å². The molecule has 0 heterocycles. The molecule has 5 heteroatoms. The van der Waals surface area contributed by atoms with Crippen LogP contribution in [0.25, 0.3) is 11.1 Å². The summed E-state index contributed by atoms with van der Waals surface area (Å²) in [6, 6.07) is 21.7. The van der Waals surface area contributed by atoms with Crippen LogP contribution in [0.1, 0.15) is 68.7 Å². The summed E-state index contributed by atoms with van der Waals surface area (Å²) in [5.41, 5.74) is 6.57. The van der Waals surface area contributed by atoms with Crippen LogP contribution in [0.2, 0.25) is 0 Å². The number of nitrogens with two attached hydrogens (primary N) is 1. The van der Waals surface area contributed by atoms with Crippen molar-refractivity contribution in [3.63, 3.8) is 0 Å². The molecule has 0 fully saturated rings. The normalized spacial score (nSPS) is 13.2. The maximum Gasteiger partial charge on any atom is 0.259 e. The average Bonchev–Trinajstić information content (AvgIpc) is 2.79. The first-order chi connectivity index (χ1) is 15.6. The lowest BCUT2D eigenvalue weighted by atomic mass is 9.84. The Kier molecular flexibility index (Phi) is 7.88. The Bertz CT molecular complexity index is 1210. The van der Waals surface area contributed by atoms with Crippen LogP contribution in [0, 0.1) is 0 Å². The maximum atomic E-state index is 13.1. The number of amides is 1. The van der Waals surface area contributed by atoms with Crippen LogP contribution in [0.4, 0.5) is 0 Å². The average molecular weight is 463 g/mol. The first-order valence-corrected chi connectivity index (χ1v) is 13.1. The van der Waals surface area contributed by atoms with E-state index in [9.17, 15) is 9.00 Å². The van der Waals surface area contributed by atoms with E-state index in [4.69, 9.17) is 5.14 Å². The number of benzene rings is 3. The zero-order valence-corrected chi connectivity index (χ0v) is 21.0. The lowest BCUT2D eigenvalue weighted by Crippen LogP contribution is -2.17. The van der Waals surface area contributed by atoms with Crippen LogP contribution < -0.4 is 5.14 Å². The molecule has 174 valence electrons. The van der Waals surface area contributed by atoms with Gasteiger partial charge in [-0.15, -0.1) is 4.36 Å². The van der Waals surface area contributed by atoms with Gasteiger partial charge in [-0.05, 0) is 63.8 Å². The third-order valence-corrected chi connectivity index (χ3v) is 7.33. The number of rotatable bonds is 7. The minimum Gasteiger partial charge on any atom is -0.272 e. The summed E-state index contributed by atoms with van der Waals surface area (Å²) in [7, 11) is -3.30. The summed E-state index contributed by atoms with van der Waals surface area (Å²) in [5.74, 6) is -0.0195. The highest BCUT2D eigenvalue weighted by Gasteiger charge is 2.20. The Morgan fingerprint density at radius 2 is 1.42 bits per heavy atom. The Balaban J connectivity index is 2.03. The molecule has 0 aliphatic carbocycles. The molecule has 1 atom stereocenters. The second-order valence-electron chi connectivity index (χ2n) is 9.04. The predicted octanol–water partition coefficient (Wildman–Crippen LogP) is 6.63. The quantitative estimate of drug-likeness (QED) is 0.428. The van der Waals surface area contributed by atoms with E-state index >= 15 is 0 Å². The molecule has 0 radical (unpaired) electrons. The van der Waals surface area contributed by atoms with Crippen molar-refractivity contribution < 1.29 is 9.00 Å². The van der Waals surface area contributed by atoms with E-state index in [2.05, 4.69) is 56.3 Å². The van der Waals surface area contributed by atoms with Crippen molar-refractivity contribution in [1.29, 1.82) is 0 Å². The van der Waals surface area contributed by atoms with Gasteiger partial charge in [0.05, 0.1) is 11.3 Å². The molecule has 0 bridgehead atoms. The van der Waals surface area contributed by atoms with Gasteiger partial charge in [-0.3, -0.25) is 4.79 Å². The van der Waals surface area contributed by atoms with Gasteiger partial charge in [0.15, 0.2) is 0 Å². The first kappa shape index (κ1) is 24.9. The summed E-state index contributed by atoms with van der Waals surface area (Å²) < 4.78 is 17.0. The van der Waals surface area contributed by atoms with Gasteiger partial charge in [0.2, 0.25) is 0 Å². The third kappa shape index (κ3) is 5.98. The van der Waals surface area contributed by atoms with Gasteiger partial charge in [-0.2, -0.15) is 0 Å². The molecule has 1 unspecified atom stereocenters. The molecule has 4 nitrogen and oxygen atoms in total. The van der Waals surface area contributed by atoms with Crippen LogP contribution in [-0.4, -0.2) is 10.1 Å². The van der Waals surface area contributed by atoms with Crippen molar-refractivity contribution in [1.82, 2.24) is 0 Å². The third-order valence-electron chi connectivity index (χ3n) is 5.90. The molecular weight excluding hydrogens is 428 g/mol. The SMILES string of the molecule is CCc1ccc(S(N)(=O)=NC(=O)Cc2c(C(C)C)cc(-c3ccccc3)cc2C(C)C)cc1. The minimum atomic E-state index is -3.30. The lowest BCUT2D eigenvalue weighted by Gasteiger charge is -2.21. The standard InChI is InChI=1S/C28H34N2O2S/c1-6-21-12-14-24(15-13-21)33(29,32)30-28(31)18-27-25(19(2)3)16-23(17-26(27)20(4)5)22-10-8-7-9-11-22/h7-17,19-20H,6,18H2,1-5H3,(H2,29,30,31,32). The van der Waals surface area contributed by atoms with Crippen molar-refractivity contribution in [2.75, 3.05) is 0 Å². The lowest BCUT2D eigenvalue weighted by molar-refractivity contribution is -0.117. The Hall–Kier alpha value is -2.76. The summed E-state index contributed by atoms with van der Waals surface area (Å²) >= 11 is 0. The molecule has 33 heavy (non-hydrogen) atoms. The zero-order valence-electron chi connectivity index (χ0n) is 20.2. The fraction of sp³-hybridized carbons (Fsp3) is 0.321. The van der Waals surface area contributed by atoms with E-state index in [0.717, 1.165) is 39.8 Å². The first-order valence-electron chi connectivity index (χ1n) is 11.5. The van der Waals surface area contributed by atoms with Crippen molar-refractivity contribution in [3.8, 4) is 11.1 Å². The Labute approximate surface area is 198 Å². The van der Waals surface area contributed by atoms with Crippen molar-refractivity contribution in [2.24, 2.45) is 9.50 Å². The summed E-state index contributed by atoms with van der Waals surface area (Å²) in [6.07, 6.45) is 0.953. The fourth-order valence-electron chi connectivity index (χ4n) is 4.06. The van der Waals surface area contributed by atoms with Crippen molar-refractivity contribution in [2.45, 2.75) is 64.2 Å². The molecule has 3 aromatic carbocycles. The number of carbonyl (C=O) groups is 1. The van der Waals surface area contributed by atoms with Crippen LogP contribution in [-0.2, 0) is 27.6 Å². The highest BCUT2D eigenvalue weighted by atomic mass is 32.2. The molecule has 0 aliphatic heterocycles. The van der Waals surface area contributed by atoms with Crippen LogP contribution >= 0.6 is 0 Å². The largest absolute Gasteiger partial charge is 0.272 e. The van der Waals surface area contributed by atoms with Crippen LogP contribution in [0.15, 0.2) is 76.0 Å². The van der Waals surface area contributed by atoms with Gasteiger partial charge in [0, 0.05) is 0 Å². The molecular formula is C28H34N2O2S. The second kappa shape index (κ2) is 10.4. The maximum absolute atomic E-state index is 13.1. The van der Waals surface area contributed by atoms with Gasteiger partial charge in [-0.1, -0.05) is 89.2 Å². The van der Waals surface area contributed by atoms with E-state index < -0.39 is 15.8 Å². The fourth-order valence-corrected chi connectivity index (χ4v) is 5.06. The number of aryl methyl sites for hydroxylation is 1. The molecule has 0 saturated heterocycles. The zero-order chi connectivity index (χ0) is 24.2. The number of carbonyl (C=O) groups excluding carboxylic acids is 1. The number of hydrogen-bond acceptors (Lipinski definition) is 2. The van der Waals surface area contributed by atoms with Crippen molar-refractivity contribution in [3.05, 3.63) is 89.0 Å². The monoisotopic (exact) mass is 462 g/mol. The van der Waals surface area contributed by atoms with Gasteiger partial charge in [0.1, 0.15) is 9.92 Å². The van der Waals surface area contributed by atoms with E-state index in [1.54, 1.807) is 12.1 Å². The van der Waals surface area contributed by atoms with Crippen molar-refractivity contribution >= 4 is 15.8 Å². The van der Waals surface area contributed by atoms with E-state index in [-0.39, 0.29) is 18.3 Å². The second-order valence-corrected chi connectivity index (χ2v) is 10.8. The Morgan fingerprint density at radius 1 is 0.879 bits per heavy atom. The molecule has 0 spiro atoms. The molecule has 3 aromatic rings. The number of nitrogens with zero attached hydrogens (tertiary/aromatic N) is 1. The van der Waals surface area contributed by atoms with Gasteiger partial charge < -0.3 is 0 Å². The Morgan fingerprint density at radius 3 is 1.91 bits per heavy atom. The topological polar surface area (TPSA) is 72.5 Å². The molecule has 0 saturated carbocycles. The van der Waals surface area contributed by atoms with Gasteiger partial charge >= 0.3 is 0 Å². The molecule has 3 rings (SSSR count). The van der Waals surface area contributed by atoms with E-state index in [1.165, 1.54) is 0 Å². The number of hydrogen-bond donors (Lipinski definition) is 1.